The molecule has 6 nitrogen and oxygen atoms in total. The molecule has 1 aromatic heterocycles. The van der Waals surface area contributed by atoms with E-state index in [1.165, 1.54) is 7.11 Å². The number of carbonyl (C=O) groups excluding carboxylic acids is 1. The van der Waals surface area contributed by atoms with Crippen LogP contribution >= 0.6 is 15.9 Å². The molecule has 0 saturated heterocycles. The highest BCUT2D eigenvalue weighted by molar-refractivity contribution is 9.10. The van der Waals surface area contributed by atoms with Crippen molar-refractivity contribution >= 4 is 21.9 Å². The lowest BCUT2D eigenvalue weighted by Crippen LogP contribution is -2.02. The van der Waals surface area contributed by atoms with Crippen LogP contribution < -0.4 is 0 Å². The number of rotatable bonds is 3. The quantitative estimate of drug-likeness (QED) is 0.865. The summed E-state index contributed by atoms with van der Waals surface area (Å²) in [6.07, 6.45) is 0.565. The van der Waals surface area contributed by atoms with Gasteiger partial charge in [-0.3, -0.25) is 0 Å². The van der Waals surface area contributed by atoms with Crippen molar-refractivity contribution < 1.29 is 9.53 Å². The first-order chi connectivity index (χ1) is 8.20. The zero-order valence-corrected chi connectivity index (χ0v) is 10.6. The van der Waals surface area contributed by atoms with E-state index >= 15 is 0 Å². The third-order valence-corrected chi connectivity index (χ3v) is 2.96. The first kappa shape index (κ1) is 11.7. The molecule has 0 aliphatic carbocycles. The van der Waals surface area contributed by atoms with Crippen LogP contribution in [-0.4, -0.2) is 33.7 Å². The molecule has 1 heterocycles. The van der Waals surface area contributed by atoms with E-state index in [1.807, 2.05) is 6.07 Å². The number of nitrogens with zero attached hydrogens (tertiary/aromatic N) is 3. The molecule has 0 saturated carbocycles. The third-order valence-electron chi connectivity index (χ3n) is 2.22. The van der Waals surface area contributed by atoms with Gasteiger partial charge in [0.05, 0.1) is 12.7 Å². The van der Waals surface area contributed by atoms with Crippen LogP contribution in [0, 0.1) is 0 Å². The van der Waals surface area contributed by atoms with Crippen molar-refractivity contribution in [1.82, 2.24) is 20.6 Å². The first-order valence-corrected chi connectivity index (χ1v) is 5.59. The molecule has 2 rings (SSSR count). The van der Waals surface area contributed by atoms with E-state index in [9.17, 15) is 4.79 Å². The van der Waals surface area contributed by atoms with E-state index in [4.69, 9.17) is 0 Å². The Labute approximate surface area is 105 Å². The maximum Gasteiger partial charge on any atom is 0.337 e. The number of esters is 1. The summed E-state index contributed by atoms with van der Waals surface area (Å²) in [6.45, 7) is 0. The number of aromatic amines is 1. The van der Waals surface area contributed by atoms with Gasteiger partial charge in [0, 0.05) is 10.9 Å². The summed E-state index contributed by atoms with van der Waals surface area (Å²) in [5.74, 6) is 0.301. The van der Waals surface area contributed by atoms with E-state index in [1.54, 1.807) is 12.1 Å². The summed E-state index contributed by atoms with van der Waals surface area (Å²) in [4.78, 5) is 11.3. The molecule has 0 atom stereocenters. The molecule has 0 fully saturated rings. The molecular formula is C10H9BrN4O2. The summed E-state index contributed by atoms with van der Waals surface area (Å²) in [7, 11) is 1.35. The fourth-order valence-electron chi connectivity index (χ4n) is 1.37. The van der Waals surface area contributed by atoms with Crippen molar-refractivity contribution in [3.8, 4) is 0 Å². The summed E-state index contributed by atoms with van der Waals surface area (Å²) in [5.41, 5.74) is 1.48. The second kappa shape index (κ2) is 5.05. The van der Waals surface area contributed by atoms with Crippen molar-refractivity contribution in [2.45, 2.75) is 6.42 Å². The third kappa shape index (κ3) is 2.68. The molecule has 0 aliphatic rings. The second-order valence-electron chi connectivity index (χ2n) is 3.32. The highest BCUT2D eigenvalue weighted by Crippen LogP contribution is 2.20. The van der Waals surface area contributed by atoms with Crippen molar-refractivity contribution in [3.63, 3.8) is 0 Å². The normalized spacial score (nSPS) is 10.2. The maximum absolute atomic E-state index is 11.3. The summed E-state index contributed by atoms with van der Waals surface area (Å²) in [6, 6.07) is 5.25. The minimum Gasteiger partial charge on any atom is -0.465 e. The number of methoxy groups -OCH3 is 1. The number of aromatic nitrogens is 4. The highest BCUT2D eigenvalue weighted by atomic mass is 79.9. The van der Waals surface area contributed by atoms with Gasteiger partial charge in [0.25, 0.3) is 0 Å². The standard InChI is InChI=1S/C10H9BrN4O2/c1-17-10(16)7-3-2-6(8(11)4-7)5-9-12-14-15-13-9/h2-4H,5H2,1H3,(H,12,13,14,15). The first-order valence-electron chi connectivity index (χ1n) is 4.80. The fraction of sp³-hybridized carbons (Fsp3) is 0.200. The van der Waals surface area contributed by atoms with Gasteiger partial charge in [-0.2, -0.15) is 0 Å². The Bertz CT molecular complexity index is 527. The predicted octanol–water partition coefficient (Wildman–Crippen LogP) is 1.34. The van der Waals surface area contributed by atoms with E-state index in [2.05, 4.69) is 41.3 Å². The van der Waals surface area contributed by atoms with Gasteiger partial charge in [-0.05, 0) is 28.1 Å². The van der Waals surface area contributed by atoms with Crippen LogP contribution in [0.3, 0.4) is 0 Å². The lowest BCUT2D eigenvalue weighted by Gasteiger charge is -2.04. The van der Waals surface area contributed by atoms with Crippen LogP contribution in [0.5, 0.6) is 0 Å². The zero-order chi connectivity index (χ0) is 12.3. The molecule has 0 unspecified atom stereocenters. The lowest BCUT2D eigenvalue weighted by atomic mass is 10.1. The molecule has 17 heavy (non-hydrogen) atoms. The number of hydrogen-bond donors (Lipinski definition) is 1. The second-order valence-corrected chi connectivity index (χ2v) is 4.18. The topological polar surface area (TPSA) is 80.8 Å². The van der Waals surface area contributed by atoms with Crippen LogP contribution in [0.1, 0.15) is 21.7 Å². The molecule has 0 spiro atoms. The van der Waals surface area contributed by atoms with Crippen LogP contribution in [0.25, 0.3) is 0 Å². The molecule has 0 bridgehead atoms. The van der Waals surface area contributed by atoms with Gasteiger partial charge in [-0.1, -0.05) is 22.0 Å². The number of carbonyl (C=O) groups is 1. The van der Waals surface area contributed by atoms with Crippen LogP contribution in [0.4, 0.5) is 0 Å². The van der Waals surface area contributed by atoms with Crippen molar-refractivity contribution in [2.24, 2.45) is 0 Å². The van der Waals surface area contributed by atoms with Gasteiger partial charge < -0.3 is 4.74 Å². The van der Waals surface area contributed by atoms with Crippen molar-refractivity contribution in [3.05, 3.63) is 39.6 Å². The number of nitrogens with one attached hydrogen (secondary N) is 1. The van der Waals surface area contributed by atoms with Gasteiger partial charge in [0.15, 0.2) is 5.82 Å². The van der Waals surface area contributed by atoms with Gasteiger partial charge in [0.2, 0.25) is 0 Å². The van der Waals surface area contributed by atoms with Gasteiger partial charge in [0.1, 0.15) is 0 Å². The van der Waals surface area contributed by atoms with Gasteiger partial charge in [-0.15, -0.1) is 5.10 Å². The largest absolute Gasteiger partial charge is 0.465 e. The molecule has 7 heteroatoms. The molecule has 88 valence electrons. The maximum atomic E-state index is 11.3. The van der Waals surface area contributed by atoms with Crippen LogP contribution in [-0.2, 0) is 11.2 Å². The number of H-pyrrole nitrogens is 1. The van der Waals surface area contributed by atoms with Crippen LogP contribution in [0.15, 0.2) is 22.7 Å². The molecule has 0 amide bonds. The van der Waals surface area contributed by atoms with Crippen LogP contribution in [0.2, 0.25) is 0 Å². The van der Waals surface area contributed by atoms with E-state index in [0.717, 1.165) is 10.0 Å². The van der Waals surface area contributed by atoms with Gasteiger partial charge in [-0.25, -0.2) is 9.89 Å². The van der Waals surface area contributed by atoms with E-state index in [-0.39, 0.29) is 5.97 Å². The number of ether oxygens (including phenoxy) is 1. The zero-order valence-electron chi connectivity index (χ0n) is 8.98. The Kier molecular flexibility index (Phi) is 3.48. The minimum absolute atomic E-state index is 0.362. The number of benzene rings is 1. The Morgan fingerprint density at radius 2 is 2.35 bits per heavy atom. The fourth-order valence-corrected chi connectivity index (χ4v) is 1.89. The minimum atomic E-state index is -0.362. The summed E-state index contributed by atoms with van der Waals surface area (Å²) in [5, 5.41) is 13.5. The summed E-state index contributed by atoms with van der Waals surface area (Å²) >= 11 is 3.40. The monoisotopic (exact) mass is 296 g/mol. The molecule has 1 aromatic carbocycles. The number of halogens is 1. The SMILES string of the molecule is COC(=O)c1ccc(Cc2nnn[nH]2)c(Br)c1. The predicted molar refractivity (Wildman–Crippen MR) is 62.5 cm³/mol. The van der Waals surface area contributed by atoms with Crippen molar-refractivity contribution in [1.29, 1.82) is 0 Å². The summed E-state index contributed by atoms with van der Waals surface area (Å²) < 4.78 is 5.46. The molecule has 0 aliphatic heterocycles. The number of hydrogen-bond acceptors (Lipinski definition) is 5. The van der Waals surface area contributed by atoms with E-state index in [0.29, 0.717) is 17.8 Å². The van der Waals surface area contributed by atoms with E-state index < -0.39 is 0 Å². The van der Waals surface area contributed by atoms with Crippen molar-refractivity contribution in [2.75, 3.05) is 7.11 Å². The lowest BCUT2D eigenvalue weighted by molar-refractivity contribution is 0.0600. The Morgan fingerprint density at radius 1 is 1.53 bits per heavy atom. The molecule has 2 aromatic rings. The average Bonchev–Trinajstić information content (AvgIpc) is 2.83. The number of tetrazole rings is 1. The average molecular weight is 297 g/mol. The molecular weight excluding hydrogens is 288 g/mol. The smallest absolute Gasteiger partial charge is 0.337 e. The van der Waals surface area contributed by atoms with Gasteiger partial charge >= 0.3 is 5.97 Å². The highest BCUT2D eigenvalue weighted by Gasteiger charge is 2.09. The molecule has 1 N–H and O–H groups in total. The molecule has 0 radical (unpaired) electrons. The Balaban J connectivity index is 2.23. The Morgan fingerprint density at radius 3 is 2.94 bits per heavy atom. The Hall–Kier alpha value is -1.76.